The third kappa shape index (κ3) is 4.52. The van der Waals surface area contributed by atoms with E-state index in [0.29, 0.717) is 3.77 Å². The van der Waals surface area contributed by atoms with Gasteiger partial charge in [0.1, 0.15) is 0 Å². The van der Waals surface area contributed by atoms with Gasteiger partial charge in [-0.3, -0.25) is 0 Å². The normalized spacial score (nSPS) is 12.2. The zero-order chi connectivity index (χ0) is 18.0. The SMILES string of the molecule is Cc1ccc(S(=O)(=O)OI(c2ccc(Br)cc2)c2ccc(C)o2)cc1. The third-order valence-electron chi connectivity index (χ3n) is 3.33. The number of benzene rings is 2. The van der Waals surface area contributed by atoms with Gasteiger partial charge in [0.05, 0.1) is 0 Å². The Kier molecular flexibility index (Phi) is 5.67. The summed E-state index contributed by atoms with van der Waals surface area (Å²) in [6.45, 7) is 3.73. The molecule has 0 saturated carbocycles. The summed E-state index contributed by atoms with van der Waals surface area (Å²) in [6, 6.07) is 17.7. The van der Waals surface area contributed by atoms with Gasteiger partial charge in [0.15, 0.2) is 0 Å². The van der Waals surface area contributed by atoms with Gasteiger partial charge >= 0.3 is 164 Å². The number of aryl methyl sites for hydroxylation is 2. The Balaban J connectivity index is 2.00. The van der Waals surface area contributed by atoms with Gasteiger partial charge in [-0.25, -0.2) is 0 Å². The van der Waals surface area contributed by atoms with E-state index in [1.807, 2.05) is 44.2 Å². The van der Waals surface area contributed by atoms with Crippen molar-refractivity contribution in [3.05, 3.63) is 83.8 Å². The molecule has 3 aromatic rings. The molecule has 0 aliphatic carbocycles. The zero-order valence-corrected chi connectivity index (χ0v) is 18.1. The monoisotopic (exact) mass is 534 g/mol. The van der Waals surface area contributed by atoms with Crippen molar-refractivity contribution in [1.29, 1.82) is 0 Å². The quantitative estimate of drug-likeness (QED) is 0.404. The fourth-order valence-electron chi connectivity index (χ4n) is 2.04. The average molecular weight is 535 g/mol. The predicted octanol–water partition coefficient (Wildman–Crippen LogP) is 5.53. The summed E-state index contributed by atoms with van der Waals surface area (Å²) in [6.07, 6.45) is 0. The minimum atomic E-state index is -3.88. The van der Waals surface area contributed by atoms with Crippen LogP contribution < -0.4 is 0 Å². The third-order valence-corrected chi connectivity index (χ3v) is 10.9. The Labute approximate surface area is 163 Å². The van der Waals surface area contributed by atoms with E-state index in [0.717, 1.165) is 19.4 Å². The Morgan fingerprint density at radius 3 is 2.12 bits per heavy atom. The molecule has 0 radical (unpaired) electrons. The molecule has 0 N–H and O–H groups in total. The van der Waals surface area contributed by atoms with Crippen molar-refractivity contribution < 1.29 is 15.3 Å². The molecule has 0 amide bonds. The molecule has 1 aromatic heterocycles. The molecular weight excluding hydrogens is 519 g/mol. The van der Waals surface area contributed by atoms with Gasteiger partial charge in [-0.15, -0.1) is 0 Å². The van der Waals surface area contributed by atoms with E-state index >= 15 is 0 Å². The summed E-state index contributed by atoms with van der Waals surface area (Å²) in [5, 5.41) is 0. The molecular formula is C18H16BrIO4S. The minimum absolute atomic E-state index is 0.154. The molecule has 3 rings (SSSR count). The van der Waals surface area contributed by atoms with Crippen LogP contribution in [0.3, 0.4) is 0 Å². The van der Waals surface area contributed by atoms with Crippen molar-refractivity contribution in [3.8, 4) is 0 Å². The van der Waals surface area contributed by atoms with Crippen molar-refractivity contribution >= 4 is 46.3 Å². The molecule has 7 heteroatoms. The molecule has 25 heavy (non-hydrogen) atoms. The summed E-state index contributed by atoms with van der Waals surface area (Å²) in [4.78, 5) is 0.154. The summed E-state index contributed by atoms with van der Waals surface area (Å²) < 4.78 is 39.3. The van der Waals surface area contributed by atoms with E-state index in [2.05, 4.69) is 15.9 Å². The van der Waals surface area contributed by atoms with Gasteiger partial charge in [-0.2, -0.15) is 0 Å². The molecule has 0 unspecified atom stereocenters. The molecule has 0 atom stereocenters. The van der Waals surface area contributed by atoms with Crippen molar-refractivity contribution in [1.82, 2.24) is 0 Å². The number of halogens is 2. The maximum atomic E-state index is 12.7. The van der Waals surface area contributed by atoms with Crippen molar-refractivity contribution in [2.75, 3.05) is 0 Å². The fourth-order valence-corrected chi connectivity index (χ4v) is 9.03. The summed E-state index contributed by atoms with van der Waals surface area (Å²) >= 11 is 0.647. The van der Waals surface area contributed by atoms with Gasteiger partial charge in [-0.05, 0) is 0 Å². The van der Waals surface area contributed by atoms with Gasteiger partial charge in [0.2, 0.25) is 0 Å². The van der Waals surface area contributed by atoms with Gasteiger partial charge in [0, 0.05) is 0 Å². The first kappa shape index (κ1) is 18.6. The Morgan fingerprint density at radius 2 is 1.56 bits per heavy atom. The summed E-state index contributed by atoms with van der Waals surface area (Å²) in [7, 11) is -3.88. The van der Waals surface area contributed by atoms with Gasteiger partial charge in [0.25, 0.3) is 0 Å². The second kappa shape index (κ2) is 7.61. The van der Waals surface area contributed by atoms with Crippen molar-refractivity contribution in [2.24, 2.45) is 0 Å². The summed E-state index contributed by atoms with van der Waals surface area (Å²) in [5.74, 6) is 0.728. The van der Waals surface area contributed by atoms with Crippen LogP contribution in [0.15, 0.2) is 74.4 Å². The van der Waals surface area contributed by atoms with Gasteiger partial charge < -0.3 is 0 Å². The van der Waals surface area contributed by atoms with Crippen LogP contribution in [-0.2, 0) is 12.6 Å². The molecule has 2 aromatic carbocycles. The topological polar surface area (TPSA) is 56.5 Å². The standard InChI is InChI=1S/C18H16BrIO4S/c1-13-3-10-17(11-4-13)25(21,22)24-20(18-12-5-14(2)23-18)16-8-6-15(19)7-9-16/h3-12H,1-2H3. The van der Waals surface area contributed by atoms with E-state index in [-0.39, 0.29) is 4.90 Å². The van der Waals surface area contributed by atoms with Gasteiger partial charge in [-0.1, -0.05) is 0 Å². The van der Waals surface area contributed by atoms with Crippen molar-refractivity contribution in [3.63, 3.8) is 0 Å². The maximum absolute atomic E-state index is 12.7. The van der Waals surface area contributed by atoms with Crippen LogP contribution in [-0.4, -0.2) is 8.42 Å². The van der Waals surface area contributed by atoms with Crippen LogP contribution in [0.4, 0.5) is 0 Å². The number of rotatable bonds is 5. The number of hydrogen-bond acceptors (Lipinski definition) is 4. The first-order chi connectivity index (χ1) is 11.8. The predicted molar refractivity (Wildman–Crippen MR) is 108 cm³/mol. The first-order valence-electron chi connectivity index (χ1n) is 7.39. The molecule has 132 valence electrons. The van der Waals surface area contributed by atoms with E-state index in [1.165, 1.54) is 0 Å². The second-order valence-electron chi connectivity index (χ2n) is 5.37. The van der Waals surface area contributed by atoms with Crippen LogP contribution in [0.2, 0.25) is 0 Å². The molecule has 4 nitrogen and oxygen atoms in total. The zero-order valence-electron chi connectivity index (χ0n) is 13.6. The Hall–Kier alpha value is -1.16. The molecule has 1 heterocycles. The van der Waals surface area contributed by atoms with Crippen LogP contribution in [0.5, 0.6) is 0 Å². The van der Waals surface area contributed by atoms with E-state index in [4.69, 9.17) is 6.93 Å². The number of hydrogen-bond donors (Lipinski definition) is 0. The van der Waals surface area contributed by atoms with Crippen LogP contribution in [0.25, 0.3) is 0 Å². The summed E-state index contributed by atoms with van der Waals surface area (Å²) in [5.41, 5.74) is 0.990. The Bertz CT molecular complexity index is 963. The molecule has 0 aliphatic rings. The molecule has 0 bridgehead atoms. The molecule has 0 aliphatic heterocycles. The molecule has 0 fully saturated rings. The first-order valence-corrected chi connectivity index (χ1v) is 12.6. The Morgan fingerprint density at radius 1 is 0.920 bits per heavy atom. The van der Waals surface area contributed by atoms with Crippen molar-refractivity contribution in [2.45, 2.75) is 18.7 Å². The second-order valence-corrected chi connectivity index (χ2v) is 12.6. The van der Waals surface area contributed by atoms with E-state index in [1.54, 1.807) is 30.3 Å². The van der Waals surface area contributed by atoms with Crippen LogP contribution in [0, 0.1) is 21.2 Å². The number of furan rings is 1. The van der Waals surface area contributed by atoms with Crippen LogP contribution in [0.1, 0.15) is 11.3 Å². The molecule has 0 saturated heterocycles. The van der Waals surface area contributed by atoms with Crippen LogP contribution >= 0.6 is 36.2 Å². The van der Waals surface area contributed by atoms with E-state index in [9.17, 15) is 8.42 Å². The fraction of sp³-hybridized carbons (Fsp3) is 0.111. The molecule has 0 spiro atoms. The average Bonchev–Trinajstić information content (AvgIpc) is 3.00. The van der Waals surface area contributed by atoms with E-state index < -0.39 is 30.4 Å².